The summed E-state index contributed by atoms with van der Waals surface area (Å²) in [7, 11) is 0. The van der Waals surface area contributed by atoms with Crippen LogP contribution in [0.25, 0.3) is 0 Å². The lowest BCUT2D eigenvalue weighted by Crippen LogP contribution is -2.21. The van der Waals surface area contributed by atoms with Gasteiger partial charge in [-0.15, -0.1) is 0 Å². The molecular formula is C28H10F12N4O2. The summed E-state index contributed by atoms with van der Waals surface area (Å²) in [6, 6.07) is 0.486. The summed E-state index contributed by atoms with van der Waals surface area (Å²) in [5.74, 6) is -3.41. The van der Waals surface area contributed by atoms with Crippen molar-refractivity contribution < 1.29 is 62.2 Å². The average Bonchev–Trinajstić information content (AvgIpc) is 2.93. The van der Waals surface area contributed by atoms with Crippen molar-refractivity contribution >= 4 is 11.4 Å². The number of nitriles is 2. The summed E-state index contributed by atoms with van der Waals surface area (Å²) in [5, 5.41) is 18.2. The van der Waals surface area contributed by atoms with Gasteiger partial charge in [0.2, 0.25) is 12.4 Å². The number of alkyl halides is 12. The van der Waals surface area contributed by atoms with Gasteiger partial charge in [0, 0.05) is 11.1 Å². The van der Waals surface area contributed by atoms with Crippen LogP contribution < -0.4 is 9.47 Å². The third-order valence-corrected chi connectivity index (χ3v) is 5.96. The average molecular weight is 662 g/mol. The topological polar surface area (TPSA) is 90.8 Å². The van der Waals surface area contributed by atoms with Crippen LogP contribution in [-0.2, 0) is 24.7 Å². The second kappa shape index (κ2) is 11.8. The van der Waals surface area contributed by atoms with E-state index in [1.807, 2.05) is 0 Å². The first kappa shape index (κ1) is 33.4. The predicted molar refractivity (Wildman–Crippen MR) is 133 cm³/mol. The minimum atomic E-state index is -5.27. The molecule has 18 heteroatoms. The van der Waals surface area contributed by atoms with E-state index in [0.717, 1.165) is 24.3 Å². The van der Waals surface area contributed by atoms with Crippen LogP contribution in [0.1, 0.15) is 22.3 Å². The zero-order valence-corrected chi connectivity index (χ0v) is 21.9. The predicted octanol–water partition coefficient (Wildman–Crippen LogP) is 8.71. The highest BCUT2D eigenvalue weighted by Gasteiger charge is 2.39. The van der Waals surface area contributed by atoms with E-state index in [1.54, 1.807) is 0 Å². The van der Waals surface area contributed by atoms with E-state index >= 15 is 0 Å². The Bertz CT molecular complexity index is 1660. The van der Waals surface area contributed by atoms with Crippen LogP contribution >= 0.6 is 0 Å². The first-order valence-electron chi connectivity index (χ1n) is 12.0. The zero-order valence-electron chi connectivity index (χ0n) is 21.9. The molecule has 0 unspecified atom stereocenters. The molecule has 4 rings (SSSR count). The molecule has 2 aliphatic carbocycles. The molecule has 0 saturated carbocycles. The van der Waals surface area contributed by atoms with Gasteiger partial charge in [-0.3, -0.25) is 0 Å². The van der Waals surface area contributed by atoms with Crippen molar-refractivity contribution in [3.05, 3.63) is 106 Å². The number of halogens is 12. The fraction of sp³-hybridized carbons (Fsp3) is 0.143. The molecule has 0 aliphatic heterocycles. The van der Waals surface area contributed by atoms with Gasteiger partial charge >= 0.3 is 24.7 Å². The Kier molecular flexibility index (Phi) is 8.54. The lowest BCUT2D eigenvalue weighted by Gasteiger charge is -2.25. The highest BCUT2D eigenvalue weighted by atomic mass is 19.4. The smallest absolute Gasteiger partial charge is 0.416 e. The number of nitrogens with zero attached hydrogens (tertiary/aromatic N) is 4. The van der Waals surface area contributed by atoms with Crippen LogP contribution in [0.2, 0.25) is 0 Å². The Morgan fingerprint density at radius 1 is 0.457 bits per heavy atom. The second-order valence-electron chi connectivity index (χ2n) is 9.03. The van der Waals surface area contributed by atoms with Crippen LogP contribution in [-0.4, -0.2) is 11.4 Å². The maximum absolute atomic E-state index is 13.4. The molecule has 0 heterocycles. The van der Waals surface area contributed by atoms with Gasteiger partial charge in [-0.05, 0) is 60.7 Å². The molecule has 2 aromatic rings. The molecular weight excluding hydrogens is 652 g/mol. The molecule has 0 N–H and O–H groups in total. The van der Waals surface area contributed by atoms with Crippen molar-refractivity contribution in [1.82, 2.24) is 0 Å². The standard InChI is InChI=1S/C28H10F12N4O2/c29-25(30,31)13-5-14(26(32,33)34)8-17(7-13)45-23-19-1-3-21(43-11-41)24(20(19)2-4-22(23)44-12-42)46-18-9-15(27(35,36)37)6-16(10-18)28(38,39)40/h1-10H/b43-21+,44-22+. The van der Waals surface area contributed by atoms with Gasteiger partial charge in [-0.2, -0.15) is 73.2 Å². The van der Waals surface area contributed by atoms with Crippen LogP contribution in [0.5, 0.6) is 11.5 Å². The maximum atomic E-state index is 13.4. The van der Waals surface area contributed by atoms with Gasteiger partial charge < -0.3 is 9.47 Å². The minimum absolute atomic E-state index is 0.178. The molecule has 0 bridgehead atoms. The molecule has 238 valence electrons. The summed E-state index contributed by atoms with van der Waals surface area (Å²) in [4.78, 5) is 6.83. The van der Waals surface area contributed by atoms with Gasteiger partial charge in [0.25, 0.3) is 0 Å². The van der Waals surface area contributed by atoms with Gasteiger partial charge in [0.1, 0.15) is 22.9 Å². The lowest BCUT2D eigenvalue weighted by molar-refractivity contribution is -0.144. The molecule has 46 heavy (non-hydrogen) atoms. The molecule has 6 nitrogen and oxygen atoms in total. The maximum Gasteiger partial charge on any atom is 0.416 e. The van der Waals surface area contributed by atoms with Gasteiger partial charge in [-0.1, -0.05) is 0 Å². The van der Waals surface area contributed by atoms with Crippen LogP contribution in [0.3, 0.4) is 0 Å². The Labute approximate surface area is 248 Å². The zero-order chi connectivity index (χ0) is 34.2. The lowest BCUT2D eigenvalue weighted by atomic mass is 9.90. The van der Waals surface area contributed by atoms with E-state index < -0.39 is 81.4 Å². The largest absolute Gasteiger partial charge is 0.454 e. The third kappa shape index (κ3) is 7.23. The number of fused-ring (bicyclic) bond motifs is 1. The monoisotopic (exact) mass is 662 g/mol. The van der Waals surface area contributed by atoms with E-state index in [4.69, 9.17) is 20.0 Å². The molecule has 0 aromatic heterocycles. The molecule has 0 atom stereocenters. The minimum Gasteiger partial charge on any atom is -0.454 e. The number of ether oxygens (including phenoxy) is 2. The van der Waals surface area contributed by atoms with Crippen molar-refractivity contribution in [2.45, 2.75) is 24.7 Å². The van der Waals surface area contributed by atoms with Crippen molar-refractivity contribution in [2.75, 3.05) is 0 Å². The molecule has 0 spiro atoms. The highest BCUT2D eigenvalue weighted by Crippen LogP contribution is 2.42. The fourth-order valence-electron chi connectivity index (χ4n) is 4.03. The SMILES string of the molecule is N#C/N=C1\C=CC2=C(Oc3cc(C(F)(F)F)cc(C(F)(F)F)c3)/C(=N/C#N)C=CC2=C1Oc1cc(C(F)(F)F)cc(C(F)(F)F)c1. The van der Waals surface area contributed by atoms with Gasteiger partial charge in [0.15, 0.2) is 11.5 Å². The molecule has 0 amide bonds. The van der Waals surface area contributed by atoms with E-state index in [9.17, 15) is 52.7 Å². The number of hydrogen-bond acceptors (Lipinski definition) is 6. The van der Waals surface area contributed by atoms with Crippen LogP contribution in [0.4, 0.5) is 52.7 Å². The summed E-state index contributed by atoms with van der Waals surface area (Å²) in [6.07, 6.45) is -14.4. The number of rotatable bonds is 4. The summed E-state index contributed by atoms with van der Waals surface area (Å²) < 4.78 is 172. The Balaban J connectivity index is 1.95. The second-order valence-corrected chi connectivity index (χ2v) is 9.03. The quantitative estimate of drug-likeness (QED) is 0.242. The summed E-state index contributed by atoms with van der Waals surface area (Å²) in [5.41, 5.74) is -8.62. The summed E-state index contributed by atoms with van der Waals surface area (Å²) >= 11 is 0. The number of allylic oxidation sites excluding steroid dienone is 6. The van der Waals surface area contributed by atoms with E-state index in [2.05, 4.69) is 9.98 Å². The molecule has 2 aliphatic rings. The van der Waals surface area contributed by atoms with Gasteiger partial charge in [0.05, 0.1) is 22.3 Å². The van der Waals surface area contributed by atoms with E-state index in [1.165, 1.54) is 12.4 Å². The first-order valence-corrected chi connectivity index (χ1v) is 12.0. The van der Waals surface area contributed by atoms with Crippen LogP contribution in [0, 0.1) is 22.9 Å². The van der Waals surface area contributed by atoms with E-state index in [0.29, 0.717) is 0 Å². The Morgan fingerprint density at radius 2 is 0.739 bits per heavy atom. The van der Waals surface area contributed by atoms with E-state index in [-0.39, 0.29) is 47.5 Å². The third-order valence-electron chi connectivity index (χ3n) is 5.96. The van der Waals surface area contributed by atoms with Crippen molar-refractivity contribution in [2.24, 2.45) is 9.98 Å². The number of hydrogen-bond donors (Lipinski definition) is 0. The van der Waals surface area contributed by atoms with Crippen molar-refractivity contribution in [3.8, 4) is 23.9 Å². The Hall–Kier alpha value is -5.52. The van der Waals surface area contributed by atoms with Crippen molar-refractivity contribution in [3.63, 3.8) is 0 Å². The summed E-state index contributed by atoms with van der Waals surface area (Å²) in [6.45, 7) is 0. The normalized spacial score (nSPS) is 17.3. The van der Waals surface area contributed by atoms with Crippen LogP contribution in [0.15, 0.2) is 93.4 Å². The first-order chi connectivity index (χ1) is 21.2. The fourth-order valence-corrected chi connectivity index (χ4v) is 4.03. The molecule has 0 saturated heterocycles. The highest BCUT2D eigenvalue weighted by molar-refractivity contribution is 6.16. The molecule has 0 radical (unpaired) electrons. The molecule has 0 fully saturated rings. The number of aliphatic imine (C=N–C) groups is 2. The number of benzene rings is 2. The molecule has 2 aromatic carbocycles. The van der Waals surface area contributed by atoms with Gasteiger partial charge in [-0.25, -0.2) is 0 Å². The van der Waals surface area contributed by atoms with Crippen molar-refractivity contribution in [1.29, 1.82) is 10.5 Å². The Morgan fingerprint density at radius 3 is 0.978 bits per heavy atom.